The highest BCUT2D eigenvalue weighted by Gasteiger charge is 2.35. The monoisotopic (exact) mass is 358 g/mol. The van der Waals surface area contributed by atoms with Crippen molar-refractivity contribution in [1.82, 2.24) is 4.90 Å². The van der Waals surface area contributed by atoms with Crippen LogP contribution in [-0.4, -0.2) is 36.5 Å². The van der Waals surface area contributed by atoms with E-state index in [1.54, 1.807) is 11.0 Å². The number of amides is 1. The Labute approximate surface area is 132 Å². The molecule has 1 fully saturated rings. The lowest BCUT2D eigenvalue weighted by atomic mass is 9.80. The second-order valence-corrected chi connectivity index (χ2v) is 6.98. The Bertz CT molecular complexity index is 536. The van der Waals surface area contributed by atoms with Gasteiger partial charge in [-0.2, -0.15) is 0 Å². The number of likely N-dealkylation sites (tertiary alicyclic amines) is 1. The third kappa shape index (κ3) is 3.95. The number of hydrogen-bond donors (Lipinski definition) is 1. The largest absolute Gasteiger partial charge is 0.481 e. The molecule has 0 spiro atoms. The van der Waals surface area contributed by atoms with Gasteiger partial charge < -0.3 is 15.4 Å². The first-order valence-corrected chi connectivity index (χ1v) is 7.70. The van der Waals surface area contributed by atoms with Gasteiger partial charge in [0.2, 0.25) is 0 Å². The van der Waals surface area contributed by atoms with E-state index in [2.05, 4.69) is 15.9 Å². The SMILES string of the molecule is CC1(C)CN(C(=O)COc2ccc(Br)cc2F)CCC1N. The predicted molar refractivity (Wildman–Crippen MR) is 82.5 cm³/mol. The molecule has 0 aliphatic carbocycles. The minimum atomic E-state index is -0.488. The Morgan fingerprint density at radius 3 is 2.90 bits per heavy atom. The minimum Gasteiger partial charge on any atom is -0.481 e. The average molecular weight is 359 g/mol. The molecule has 0 radical (unpaired) electrons. The van der Waals surface area contributed by atoms with E-state index in [0.29, 0.717) is 17.6 Å². The summed E-state index contributed by atoms with van der Waals surface area (Å²) < 4.78 is 19.5. The Hall–Kier alpha value is -1.14. The Balaban J connectivity index is 1.93. The quantitative estimate of drug-likeness (QED) is 0.903. The van der Waals surface area contributed by atoms with Crippen LogP contribution in [0.4, 0.5) is 4.39 Å². The highest BCUT2D eigenvalue weighted by atomic mass is 79.9. The summed E-state index contributed by atoms with van der Waals surface area (Å²) in [5.74, 6) is -0.546. The molecule has 1 aliphatic heterocycles. The number of halogens is 2. The van der Waals surface area contributed by atoms with Gasteiger partial charge in [-0.05, 0) is 30.0 Å². The van der Waals surface area contributed by atoms with Crippen LogP contribution < -0.4 is 10.5 Å². The summed E-state index contributed by atoms with van der Waals surface area (Å²) in [6.45, 7) is 5.15. The van der Waals surface area contributed by atoms with Crippen LogP contribution >= 0.6 is 15.9 Å². The van der Waals surface area contributed by atoms with Gasteiger partial charge in [-0.25, -0.2) is 4.39 Å². The Morgan fingerprint density at radius 1 is 1.57 bits per heavy atom. The molecular formula is C15H20BrFN2O2. The van der Waals surface area contributed by atoms with Gasteiger partial charge in [0, 0.05) is 23.6 Å². The lowest BCUT2D eigenvalue weighted by Crippen LogP contribution is -2.54. The lowest BCUT2D eigenvalue weighted by Gasteiger charge is -2.42. The molecule has 21 heavy (non-hydrogen) atoms. The standard InChI is InChI=1S/C15H20BrFN2O2/c1-15(2)9-19(6-5-13(15)18)14(20)8-21-12-4-3-10(16)7-11(12)17/h3-4,7,13H,5-6,8-9,18H2,1-2H3. The molecule has 2 N–H and O–H groups in total. The van der Waals surface area contributed by atoms with E-state index in [-0.39, 0.29) is 29.7 Å². The summed E-state index contributed by atoms with van der Waals surface area (Å²) >= 11 is 3.17. The van der Waals surface area contributed by atoms with Crippen LogP contribution in [0.3, 0.4) is 0 Å². The lowest BCUT2D eigenvalue weighted by molar-refractivity contribution is -0.136. The first kappa shape index (κ1) is 16.2. The van der Waals surface area contributed by atoms with Crippen LogP contribution in [0.15, 0.2) is 22.7 Å². The first-order chi connectivity index (χ1) is 9.79. The van der Waals surface area contributed by atoms with Crippen LogP contribution in [0.2, 0.25) is 0 Å². The van der Waals surface area contributed by atoms with Crippen molar-refractivity contribution in [1.29, 1.82) is 0 Å². The number of carbonyl (C=O) groups is 1. The van der Waals surface area contributed by atoms with Gasteiger partial charge >= 0.3 is 0 Å². The van der Waals surface area contributed by atoms with E-state index < -0.39 is 5.82 Å². The van der Waals surface area contributed by atoms with Crippen LogP contribution in [0.5, 0.6) is 5.75 Å². The third-order valence-corrected chi connectivity index (χ3v) is 4.40. The van der Waals surface area contributed by atoms with Gasteiger partial charge in [0.1, 0.15) is 0 Å². The van der Waals surface area contributed by atoms with E-state index in [9.17, 15) is 9.18 Å². The molecule has 0 aromatic heterocycles. The van der Waals surface area contributed by atoms with Crippen LogP contribution in [0.25, 0.3) is 0 Å². The van der Waals surface area contributed by atoms with Crippen molar-refractivity contribution in [3.8, 4) is 5.75 Å². The van der Waals surface area contributed by atoms with Gasteiger partial charge in [0.25, 0.3) is 5.91 Å². The summed E-state index contributed by atoms with van der Waals surface area (Å²) in [4.78, 5) is 13.9. The zero-order chi connectivity index (χ0) is 15.6. The summed E-state index contributed by atoms with van der Waals surface area (Å²) in [7, 11) is 0. The number of carbonyl (C=O) groups excluding carboxylic acids is 1. The predicted octanol–water partition coefficient (Wildman–Crippen LogP) is 2.55. The van der Waals surface area contributed by atoms with Gasteiger partial charge in [0.15, 0.2) is 18.2 Å². The molecule has 1 unspecified atom stereocenters. The molecule has 6 heteroatoms. The number of nitrogens with zero attached hydrogens (tertiary/aromatic N) is 1. The smallest absolute Gasteiger partial charge is 0.260 e. The van der Waals surface area contributed by atoms with E-state index in [1.807, 2.05) is 13.8 Å². The molecule has 1 atom stereocenters. The summed E-state index contributed by atoms with van der Waals surface area (Å²) in [5, 5.41) is 0. The topological polar surface area (TPSA) is 55.6 Å². The maximum Gasteiger partial charge on any atom is 0.260 e. The average Bonchev–Trinajstić information content (AvgIpc) is 2.40. The van der Waals surface area contributed by atoms with Crippen molar-refractivity contribution in [2.45, 2.75) is 26.3 Å². The van der Waals surface area contributed by atoms with E-state index in [0.717, 1.165) is 6.42 Å². The molecule has 1 amide bonds. The van der Waals surface area contributed by atoms with Crippen molar-refractivity contribution in [3.63, 3.8) is 0 Å². The van der Waals surface area contributed by atoms with Gasteiger partial charge in [-0.15, -0.1) is 0 Å². The van der Waals surface area contributed by atoms with Crippen LogP contribution in [0, 0.1) is 11.2 Å². The van der Waals surface area contributed by atoms with Crippen molar-refractivity contribution in [2.75, 3.05) is 19.7 Å². The zero-order valence-electron chi connectivity index (χ0n) is 12.2. The zero-order valence-corrected chi connectivity index (χ0v) is 13.8. The maximum atomic E-state index is 13.6. The minimum absolute atomic E-state index is 0.0829. The fourth-order valence-corrected chi connectivity index (χ4v) is 2.74. The third-order valence-electron chi connectivity index (χ3n) is 3.91. The van der Waals surface area contributed by atoms with Gasteiger partial charge in [-0.1, -0.05) is 29.8 Å². The number of ether oxygens (including phenoxy) is 1. The molecule has 1 aromatic carbocycles. The van der Waals surface area contributed by atoms with Crippen LogP contribution in [-0.2, 0) is 4.79 Å². The molecule has 0 saturated carbocycles. The molecule has 1 aliphatic rings. The van der Waals surface area contributed by atoms with Gasteiger partial charge in [-0.3, -0.25) is 4.79 Å². The second-order valence-electron chi connectivity index (χ2n) is 6.06. The number of rotatable bonds is 3. The van der Waals surface area contributed by atoms with Crippen molar-refractivity contribution in [3.05, 3.63) is 28.5 Å². The molecule has 1 heterocycles. The highest BCUT2D eigenvalue weighted by molar-refractivity contribution is 9.10. The number of hydrogen-bond acceptors (Lipinski definition) is 3. The number of nitrogens with two attached hydrogens (primary N) is 1. The molecule has 4 nitrogen and oxygen atoms in total. The summed E-state index contributed by atoms with van der Waals surface area (Å²) in [6.07, 6.45) is 0.769. The normalized spacial score (nSPS) is 21.2. The molecular weight excluding hydrogens is 339 g/mol. The summed E-state index contributed by atoms with van der Waals surface area (Å²) in [5.41, 5.74) is 5.94. The van der Waals surface area contributed by atoms with Crippen molar-refractivity contribution < 1.29 is 13.9 Å². The van der Waals surface area contributed by atoms with E-state index in [4.69, 9.17) is 10.5 Å². The van der Waals surface area contributed by atoms with Gasteiger partial charge in [0.05, 0.1) is 0 Å². The molecule has 2 rings (SSSR count). The van der Waals surface area contributed by atoms with Crippen LogP contribution in [0.1, 0.15) is 20.3 Å². The highest BCUT2D eigenvalue weighted by Crippen LogP contribution is 2.28. The molecule has 0 bridgehead atoms. The van der Waals surface area contributed by atoms with E-state index in [1.165, 1.54) is 12.1 Å². The number of piperidine rings is 1. The Kier molecular flexibility index (Phi) is 4.88. The summed E-state index contributed by atoms with van der Waals surface area (Å²) in [6, 6.07) is 4.57. The van der Waals surface area contributed by atoms with Crippen molar-refractivity contribution in [2.24, 2.45) is 11.1 Å². The first-order valence-electron chi connectivity index (χ1n) is 6.91. The number of benzene rings is 1. The molecule has 116 valence electrons. The van der Waals surface area contributed by atoms with Crippen molar-refractivity contribution >= 4 is 21.8 Å². The van der Waals surface area contributed by atoms with E-state index >= 15 is 0 Å². The second kappa shape index (κ2) is 6.32. The fraction of sp³-hybridized carbons (Fsp3) is 0.533. The molecule has 1 aromatic rings. The maximum absolute atomic E-state index is 13.6. The fourth-order valence-electron chi connectivity index (χ4n) is 2.41. The Morgan fingerprint density at radius 2 is 2.29 bits per heavy atom. The molecule has 1 saturated heterocycles.